The molecule has 0 N–H and O–H groups in total. The van der Waals surface area contributed by atoms with Crippen LogP contribution in [0, 0.1) is 0 Å². The second-order valence-corrected chi connectivity index (χ2v) is 6.16. The van der Waals surface area contributed by atoms with Gasteiger partial charge in [0, 0.05) is 13.1 Å². The van der Waals surface area contributed by atoms with Crippen LogP contribution in [0.25, 0.3) is 0 Å². The van der Waals surface area contributed by atoms with E-state index in [1.54, 1.807) is 0 Å². The molecular formula is C18H36N2O. The third-order valence-electron chi connectivity index (χ3n) is 3.80. The average molecular weight is 296 g/mol. The van der Waals surface area contributed by atoms with Gasteiger partial charge in [-0.25, -0.2) is 0 Å². The lowest BCUT2D eigenvalue weighted by Crippen LogP contribution is -2.33. The van der Waals surface area contributed by atoms with Gasteiger partial charge in [0.25, 0.3) is 0 Å². The molecule has 0 bridgehead atoms. The summed E-state index contributed by atoms with van der Waals surface area (Å²) in [5.74, 6) is 0.0803. The van der Waals surface area contributed by atoms with Gasteiger partial charge in [0.1, 0.15) is 0 Å². The summed E-state index contributed by atoms with van der Waals surface area (Å²) in [6, 6.07) is 0. The van der Waals surface area contributed by atoms with Crippen molar-refractivity contribution in [1.29, 1.82) is 0 Å². The Morgan fingerprint density at radius 2 is 1.38 bits per heavy atom. The third kappa shape index (κ3) is 12.6. The van der Waals surface area contributed by atoms with Crippen molar-refractivity contribution in [2.75, 3.05) is 33.7 Å². The van der Waals surface area contributed by atoms with Crippen molar-refractivity contribution in [3.05, 3.63) is 12.7 Å². The summed E-state index contributed by atoms with van der Waals surface area (Å²) >= 11 is 0. The van der Waals surface area contributed by atoms with Crippen molar-refractivity contribution < 1.29 is 4.79 Å². The van der Waals surface area contributed by atoms with E-state index in [9.17, 15) is 4.79 Å². The van der Waals surface area contributed by atoms with Gasteiger partial charge in [-0.2, -0.15) is 0 Å². The molecule has 0 rings (SSSR count). The van der Waals surface area contributed by atoms with Gasteiger partial charge in [-0.1, -0.05) is 58.4 Å². The molecule has 0 aromatic carbocycles. The highest BCUT2D eigenvalue weighted by molar-refractivity contribution is 5.86. The highest BCUT2D eigenvalue weighted by Gasteiger charge is 2.09. The minimum Gasteiger partial charge on any atom is -0.339 e. The van der Waals surface area contributed by atoms with Crippen LogP contribution in [0.5, 0.6) is 0 Å². The maximum Gasteiger partial charge on any atom is 0.245 e. The molecule has 1 amide bonds. The number of rotatable bonds is 14. The number of carbonyl (C=O) groups is 1. The fraction of sp³-hybridized carbons (Fsp3) is 0.833. The summed E-state index contributed by atoms with van der Waals surface area (Å²) in [7, 11) is 4.14. The Balaban J connectivity index is 3.71. The maximum atomic E-state index is 11.8. The first-order chi connectivity index (χ1) is 10.1. The first-order valence-corrected chi connectivity index (χ1v) is 8.67. The number of hydrogen-bond acceptors (Lipinski definition) is 2. The predicted octanol–water partition coefficient (Wildman–Crippen LogP) is 4.09. The second-order valence-electron chi connectivity index (χ2n) is 6.16. The van der Waals surface area contributed by atoms with Gasteiger partial charge >= 0.3 is 0 Å². The summed E-state index contributed by atoms with van der Waals surface area (Å²) in [6.45, 7) is 8.62. The lowest BCUT2D eigenvalue weighted by molar-refractivity contribution is -0.126. The van der Waals surface area contributed by atoms with Crippen LogP contribution in [-0.2, 0) is 4.79 Å². The zero-order valence-corrected chi connectivity index (χ0v) is 14.6. The van der Waals surface area contributed by atoms with Crippen molar-refractivity contribution in [2.24, 2.45) is 0 Å². The quantitative estimate of drug-likeness (QED) is 0.356. The van der Waals surface area contributed by atoms with Crippen LogP contribution in [0.15, 0.2) is 12.7 Å². The zero-order chi connectivity index (χ0) is 15.9. The minimum absolute atomic E-state index is 0.0803. The van der Waals surface area contributed by atoms with Crippen molar-refractivity contribution in [1.82, 2.24) is 9.80 Å². The molecule has 0 saturated heterocycles. The monoisotopic (exact) mass is 296 g/mol. The van der Waals surface area contributed by atoms with Gasteiger partial charge in [-0.05, 0) is 39.6 Å². The van der Waals surface area contributed by atoms with Gasteiger partial charge in [0.05, 0.1) is 0 Å². The molecule has 0 saturated carbocycles. The summed E-state index contributed by atoms with van der Waals surface area (Å²) in [6.07, 6.45) is 12.9. The largest absolute Gasteiger partial charge is 0.339 e. The molecule has 0 aliphatic carbocycles. The van der Waals surface area contributed by atoms with E-state index in [0.717, 1.165) is 32.5 Å². The Bertz CT molecular complexity index is 264. The first kappa shape index (κ1) is 20.2. The summed E-state index contributed by atoms with van der Waals surface area (Å²) in [5, 5.41) is 0. The normalized spacial score (nSPS) is 10.9. The molecule has 0 fully saturated rings. The summed E-state index contributed by atoms with van der Waals surface area (Å²) in [5.41, 5.74) is 0. The molecule has 0 radical (unpaired) electrons. The molecule has 0 unspecified atom stereocenters. The zero-order valence-electron chi connectivity index (χ0n) is 14.6. The average Bonchev–Trinajstić information content (AvgIpc) is 2.47. The summed E-state index contributed by atoms with van der Waals surface area (Å²) in [4.78, 5) is 15.9. The van der Waals surface area contributed by atoms with E-state index in [1.807, 2.05) is 4.90 Å². The van der Waals surface area contributed by atoms with Crippen LogP contribution >= 0.6 is 0 Å². The first-order valence-electron chi connectivity index (χ1n) is 8.67. The lowest BCUT2D eigenvalue weighted by Gasteiger charge is -2.22. The van der Waals surface area contributed by atoms with Crippen LogP contribution in [0.2, 0.25) is 0 Å². The molecule has 3 heteroatoms. The van der Waals surface area contributed by atoms with Crippen molar-refractivity contribution in [2.45, 2.75) is 64.7 Å². The van der Waals surface area contributed by atoms with E-state index < -0.39 is 0 Å². The molecule has 0 aromatic heterocycles. The maximum absolute atomic E-state index is 11.8. The highest BCUT2D eigenvalue weighted by Crippen LogP contribution is 2.09. The molecule has 124 valence electrons. The predicted molar refractivity (Wildman–Crippen MR) is 92.6 cm³/mol. The molecule has 3 nitrogen and oxygen atoms in total. The lowest BCUT2D eigenvalue weighted by atomic mass is 10.1. The molecule has 0 atom stereocenters. The van der Waals surface area contributed by atoms with Gasteiger partial charge in [0.2, 0.25) is 5.91 Å². The fourth-order valence-electron chi connectivity index (χ4n) is 2.48. The smallest absolute Gasteiger partial charge is 0.245 e. The SMILES string of the molecule is C=CC(=O)N(CCCCCCCCCC)CCCN(C)C. The Kier molecular flexibility index (Phi) is 13.6. The topological polar surface area (TPSA) is 23.6 Å². The van der Waals surface area contributed by atoms with Crippen LogP contribution in [0.3, 0.4) is 0 Å². The van der Waals surface area contributed by atoms with Crippen LogP contribution < -0.4 is 0 Å². The van der Waals surface area contributed by atoms with Crippen LogP contribution in [0.4, 0.5) is 0 Å². The van der Waals surface area contributed by atoms with Gasteiger partial charge in [-0.3, -0.25) is 4.79 Å². The van der Waals surface area contributed by atoms with Gasteiger partial charge in [-0.15, -0.1) is 0 Å². The number of amides is 1. The van der Waals surface area contributed by atoms with Crippen molar-refractivity contribution in [3.63, 3.8) is 0 Å². The molecule has 0 aliphatic rings. The van der Waals surface area contributed by atoms with E-state index in [-0.39, 0.29) is 5.91 Å². The highest BCUT2D eigenvalue weighted by atomic mass is 16.2. The van der Waals surface area contributed by atoms with E-state index in [4.69, 9.17) is 0 Å². The van der Waals surface area contributed by atoms with Gasteiger partial charge < -0.3 is 9.80 Å². The van der Waals surface area contributed by atoms with E-state index in [2.05, 4.69) is 32.5 Å². The Labute approximate surface area is 132 Å². The summed E-state index contributed by atoms with van der Waals surface area (Å²) < 4.78 is 0. The minimum atomic E-state index is 0.0803. The fourth-order valence-corrected chi connectivity index (χ4v) is 2.48. The van der Waals surface area contributed by atoms with Crippen molar-refractivity contribution in [3.8, 4) is 0 Å². The number of unbranched alkanes of at least 4 members (excludes halogenated alkanes) is 7. The third-order valence-corrected chi connectivity index (χ3v) is 3.80. The molecule has 0 aromatic rings. The molecular weight excluding hydrogens is 260 g/mol. The Hall–Kier alpha value is -0.830. The molecule has 0 heterocycles. The standard InChI is InChI=1S/C18H36N2O/c1-5-7-8-9-10-11-12-13-16-20(18(21)6-2)17-14-15-19(3)4/h6H,2,5,7-17H2,1,3-4H3. The van der Waals surface area contributed by atoms with Gasteiger partial charge in [0.15, 0.2) is 0 Å². The van der Waals surface area contributed by atoms with Crippen LogP contribution in [0.1, 0.15) is 64.7 Å². The van der Waals surface area contributed by atoms with E-state index >= 15 is 0 Å². The Morgan fingerprint density at radius 1 is 0.857 bits per heavy atom. The van der Waals surface area contributed by atoms with E-state index in [1.165, 1.54) is 51.0 Å². The molecule has 0 aliphatic heterocycles. The Morgan fingerprint density at radius 3 is 1.90 bits per heavy atom. The number of nitrogens with zero attached hydrogens (tertiary/aromatic N) is 2. The number of carbonyl (C=O) groups excluding carboxylic acids is 1. The van der Waals surface area contributed by atoms with Crippen molar-refractivity contribution >= 4 is 5.91 Å². The number of hydrogen-bond donors (Lipinski definition) is 0. The van der Waals surface area contributed by atoms with Crippen LogP contribution in [-0.4, -0.2) is 49.4 Å². The molecule has 21 heavy (non-hydrogen) atoms. The second kappa shape index (κ2) is 14.1. The van der Waals surface area contributed by atoms with E-state index in [0.29, 0.717) is 0 Å². The molecule has 0 spiro atoms.